The number of ether oxygens (including phenoxy) is 2. The van der Waals surface area contributed by atoms with Crippen molar-refractivity contribution in [3.8, 4) is 0 Å². The lowest BCUT2D eigenvalue weighted by Crippen LogP contribution is -2.43. The van der Waals surface area contributed by atoms with E-state index < -0.39 is 17.7 Å². The highest BCUT2D eigenvalue weighted by Gasteiger charge is 2.19. The number of aliphatic hydroxyl groups is 1. The second kappa shape index (κ2) is 13.5. The summed E-state index contributed by atoms with van der Waals surface area (Å²) in [4.78, 5) is 11.7. The quantitative estimate of drug-likeness (QED) is 0.489. The van der Waals surface area contributed by atoms with Crippen LogP contribution in [0, 0.1) is 5.92 Å². The number of alkyl carbamates (subject to hydrolysis) is 1. The Bertz CT molecular complexity index is 315. The van der Waals surface area contributed by atoms with Gasteiger partial charge in [0.25, 0.3) is 0 Å². The fourth-order valence-corrected chi connectivity index (χ4v) is 2.37. The maximum absolute atomic E-state index is 11.7. The van der Waals surface area contributed by atoms with E-state index in [2.05, 4.69) is 19.2 Å². The first kappa shape index (κ1) is 23.2. The number of rotatable bonds is 13. The third-order valence-electron chi connectivity index (χ3n) is 3.82. The van der Waals surface area contributed by atoms with E-state index in [9.17, 15) is 9.90 Å². The maximum atomic E-state index is 11.7. The van der Waals surface area contributed by atoms with Crippen LogP contribution in [-0.4, -0.2) is 42.7 Å². The number of carbonyl (C=O) groups excluding carboxylic acids is 1. The van der Waals surface area contributed by atoms with Crippen molar-refractivity contribution in [3.63, 3.8) is 0 Å². The average molecular weight is 346 g/mol. The molecule has 0 rings (SSSR count). The molecule has 0 aliphatic rings. The van der Waals surface area contributed by atoms with Gasteiger partial charge >= 0.3 is 6.09 Å². The van der Waals surface area contributed by atoms with E-state index in [0.717, 1.165) is 6.42 Å². The molecule has 0 saturated carbocycles. The highest BCUT2D eigenvalue weighted by Crippen LogP contribution is 2.14. The molecular weight excluding hydrogens is 306 g/mol. The van der Waals surface area contributed by atoms with Crippen LogP contribution in [0.25, 0.3) is 0 Å². The van der Waals surface area contributed by atoms with E-state index in [1.165, 1.54) is 38.5 Å². The third-order valence-corrected chi connectivity index (χ3v) is 3.82. The Balaban J connectivity index is 3.73. The zero-order chi connectivity index (χ0) is 18.4. The summed E-state index contributed by atoms with van der Waals surface area (Å²) in [5.74, 6) is 0.651. The Kier molecular flexibility index (Phi) is 13.0. The summed E-state index contributed by atoms with van der Waals surface area (Å²) in [5, 5.41) is 11.9. The Morgan fingerprint density at radius 2 is 1.79 bits per heavy atom. The molecule has 0 heterocycles. The molecule has 0 spiro atoms. The molecule has 1 amide bonds. The molecule has 0 unspecified atom stereocenters. The topological polar surface area (TPSA) is 67.8 Å². The Morgan fingerprint density at radius 3 is 2.38 bits per heavy atom. The molecule has 2 atom stereocenters. The van der Waals surface area contributed by atoms with Crippen LogP contribution in [0.15, 0.2) is 0 Å². The van der Waals surface area contributed by atoms with E-state index in [1.54, 1.807) is 20.8 Å². The largest absolute Gasteiger partial charge is 0.444 e. The van der Waals surface area contributed by atoms with Crippen LogP contribution in [0.2, 0.25) is 0 Å². The lowest BCUT2D eigenvalue weighted by atomic mass is 9.99. The summed E-state index contributed by atoms with van der Waals surface area (Å²) in [6.07, 6.45) is 8.31. The van der Waals surface area contributed by atoms with Crippen molar-refractivity contribution < 1.29 is 19.4 Å². The predicted molar refractivity (Wildman–Crippen MR) is 98.2 cm³/mol. The number of aliphatic hydroxyl groups excluding tert-OH is 1. The number of hydrogen-bond acceptors (Lipinski definition) is 4. The number of nitrogens with one attached hydrogen (secondary N) is 1. The van der Waals surface area contributed by atoms with Crippen molar-refractivity contribution >= 4 is 6.09 Å². The molecule has 2 N–H and O–H groups in total. The van der Waals surface area contributed by atoms with Gasteiger partial charge in [-0.3, -0.25) is 0 Å². The Labute approximate surface area is 148 Å². The average Bonchev–Trinajstić information content (AvgIpc) is 2.48. The molecular formula is C19H39NO4. The number of carbonyl (C=O) groups is 1. The van der Waals surface area contributed by atoms with Gasteiger partial charge in [-0.2, -0.15) is 0 Å². The first-order valence-corrected chi connectivity index (χ1v) is 9.46. The van der Waals surface area contributed by atoms with Crippen molar-refractivity contribution in [3.05, 3.63) is 0 Å². The minimum absolute atomic E-state index is 0.160. The predicted octanol–water partition coefficient (Wildman–Crippen LogP) is 4.28. The lowest BCUT2D eigenvalue weighted by molar-refractivity contribution is 0.0374. The van der Waals surface area contributed by atoms with Crippen LogP contribution in [0.4, 0.5) is 4.79 Å². The van der Waals surface area contributed by atoms with Crippen LogP contribution < -0.4 is 5.32 Å². The molecule has 5 nitrogen and oxygen atoms in total. The van der Waals surface area contributed by atoms with Gasteiger partial charge in [-0.05, 0) is 33.1 Å². The summed E-state index contributed by atoms with van der Waals surface area (Å²) in [6, 6.07) is -0.427. The van der Waals surface area contributed by atoms with Gasteiger partial charge in [-0.25, -0.2) is 4.79 Å². The molecule has 0 aliphatic carbocycles. The molecule has 0 bridgehead atoms. The van der Waals surface area contributed by atoms with Gasteiger partial charge in [0.05, 0.1) is 19.3 Å². The van der Waals surface area contributed by atoms with Crippen molar-refractivity contribution in [2.75, 3.05) is 19.8 Å². The molecule has 5 heteroatoms. The van der Waals surface area contributed by atoms with Crippen LogP contribution in [0.5, 0.6) is 0 Å². The second-order valence-corrected chi connectivity index (χ2v) is 7.70. The molecule has 24 heavy (non-hydrogen) atoms. The smallest absolute Gasteiger partial charge is 0.408 e. The molecule has 0 aromatic rings. The van der Waals surface area contributed by atoms with Gasteiger partial charge < -0.3 is 19.9 Å². The molecule has 0 aromatic carbocycles. The molecule has 0 aromatic heterocycles. The fraction of sp³-hybridized carbons (Fsp3) is 0.947. The van der Waals surface area contributed by atoms with Gasteiger partial charge in [0, 0.05) is 6.61 Å². The van der Waals surface area contributed by atoms with Gasteiger partial charge in [0.1, 0.15) is 5.60 Å². The van der Waals surface area contributed by atoms with Gasteiger partial charge in [0.2, 0.25) is 0 Å². The molecule has 0 aliphatic heterocycles. The lowest BCUT2D eigenvalue weighted by Gasteiger charge is -2.23. The summed E-state index contributed by atoms with van der Waals surface area (Å²) in [7, 11) is 0. The van der Waals surface area contributed by atoms with Crippen molar-refractivity contribution in [2.24, 2.45) is 5.92 Å². The minimum Gasteiger partial charge on any atom is -0.444 e. The molecule has 0 fully saturated rings. The molecule has 0 radical (unpaired) electrons. The standard InChI is InChI=1S/C19H39NO4/c1-6-7-8-9-10-11-16(2)12-13-23-15-17(14-21)20-18(22)24-19(3,4)5/h16-17,21H,6-15H2,1-5H3,(H,20,22)/t16-,17+/m1/s1. The summed E-state index contributed by atoms with van der Waals surface area (Å²) >= 11 is 0. The Hall–Kier alpha value is -0.810. The van der Waals surface area contributed by atoms with Gasteiger partial charge in [-0.1, -0.05) is 52.4 Å². The first-order chi connectivity index (χ1) is 11.3. The van der Waals surface area contributed by atoms with Gasteiger partial charge in [0.15, 0.2) is 0 Å². The number of hydrogen-bond donors (Lipinski definition) is 2. The van der Waals surface area contributed by atoms with E-state index in [4.69, 9.17) is 9.47 Å². The van der Waals surface area contributed by atoms with Crippen LogP contribution >= 0.6 is 0 Å². The van der Waals surface area contributed by atoms with Crippen molar-refractivity contribution in [2.45, 2.75) is 91.2 Å². The SMILES string of the molecule is CCCCCCC[C@@H](C)CCOC[C@H](CO)NC(=O)OC(C)(C)C. The normalized spacial score (nSPS) is 14.2. The monoisotopic (exact) mass is 345 g/mol. The van der Waals surface area contributed by atoms with Crippen LogP contribution in [-0.2, 0) is 9.47 Å². The van der Waals surface area contributed by atoms with Crippen LogP contribution in [0.1, 0.15) is 79.6 Å². The highest BCUT2D eigenvalue weighted by atomic mass is 16.6. The van der Waals surface area contributed by atoms with E-state index in [-0.39, 0.29) is 6.61 Å². The Morgan fingerprint density at radius 1 is 1.12 bits per heavy atom. The molecule has 144 valence electrons. The zero-order valence-corrected chi connectivity index (χ0v) is 16.4. The minimum atomic E-state index is -0.544. The third kappa shape index (κ3) is 14.8. The van der Waals surface area contributed by atoms with E-state index >= 15 is 0 Å². The summed E-state index contributed by atoms with van der Waals surface area (Å²) < 4.78 is 10.8. The van der Waals surface area contributed by atoms with E-state index in [0.29, 0.717) is 19.1 Å². The van der Waals surface area contributed by atoms with Crippen molar-refractivity contribution in [1.29, 1.82) is 0 Å². The first-order valence-electron chi connectivity index (χ1n) is 9.46. The van der Waals surface area contributed by atoms with E-state index in [1.807, 2.05) is 0 Å². The second-order valence-electron chi connectivity index (χ2n) is 7.70. The zero-order valence-electron chi connectivity index (χ0n) is 16.4. The highest BCUT2D eigenvalue weighted by molar-refractivity contribution is 5.68. The van der Waals surface area contributed by atoms with Crippen molar-refractivity contribution in [1.82, 2.24) is 5.32 Å². The fourth-order valence-electron chi connectivity index (χ4n) is 2.37. The van der Waals surface area contributed by atoms with Crippen LogP contribution in [0.3, 0.4) is 0 Å². The summed E-state index contributed by atoms with van der Waals surface area (Å²) in [5.41, 5.74) is -0.544. The molecule has 0 saturated heterocycles. The number of amides is 1. The van der Waals surface area contributed by atoms with Gasteiger partial charge in [-0.15, -0.1) is 0 Å². The maximum Gasteiger partial charge on any atom is 0.408 e. The summed E-state index contributed by atoms with van der Waals surface area (Å²) in [6.45, 7) is 10.7. The number of unbranched alkanes of at least 4 members (excludes halogenated alkanes) is 4.